The molecule has 118 valence electrons. The van der Waals surface area contributed by atoms with Crippen molar-refractivity contribution in [3.8, 4) is 16.9 Å². The van der Waals surface area contributed by atoms with Crippen LogP contribution in [0.4, 0.5) is 0 Å². The van der Waals surface area contributed by atoms with Crippen LogP contribution in [0.1, 0.15) is 35.1 Å². The van der Waals surface area contributed by atoms with Crippen LogP contribution in [0.5, 0.6) is 5.75 Å². The second-order valence-corrected chi connectivity index (χ2v) is 6.22. The molecular formula is C23H20O. The first-order chi connectivity index (χ1) is 11.8. The summed E-state index contributed by atoms with van der Waals surface area (Å²) < 4.78 is 0. The van der Waals surface area contributed by atoms with Gasteiger partial charge in [0.1, 0.15) is 5.75 Å². The third kappa shape index (κ3) is 2.33. The molecule has 24 heavy (non-hydrogen) atoms. The number of allylic oxidation sites excluding steroid dienone is 1. The Kier molecular flexibility index (Phi) is 3.70. The Bertz CT molecular complexity index is 907. The SMILES string of the molecule is CCc1ccc(O)c(-c2ccccc2)c1C1C=Cc2ccccc21. The van der Waals surface area contributed by atoms with E-state index in [4.69, 9.17) is 0 Å². The van der Waals surface area contributed by atoms with E-state index >= 15 is 0 Å². The van der Waals surface area contributed by atoms with Crippen LogP contribution in [0.3, 0.4) is 0 Å². The predicted octanol–water partition coefficient (Wildman–Crippen LogP) is 5.78. The monoisotopic (exact) mass is 312 g/mol. The molecule has 0 fully saturated rings. The van der Waals surface area contributed by atoms with Gasteiger partial charge in [0, 0.05) is 11.5 Å². The summed E-state index contributed by atoms with van der Waals surface area (Å²) in [4.78, 5) is 0. The lowest BCUT2D eigenvalue weighted by molar-refractivity contribution is 0.476. The molecule has 1 aliphatic rings. The first-order valence-electron chi connectivity index (χ1n) is 8.47. The van der Waals surface area contributed by atoms with Crippen LogP contribution in [-0.2, 0) is 6.42 Å². The summed E-state index contributed by atoms with van der Waals surface area (Å²) in [5, 5.41) is 10.6. The van der Waals surface area contributed by atoms with Crippen LogP contribution >= 0.6 is 0 Å². The molecule has 0 aliphatic heterocycles. The van der Waals surface area contributed by atoms with Crippen molar-refractivity contribution in [2.24, 2.45) is 0 Å². The average Bonchev–Trinajstić information content (AvgIpc) is 3.06. The molecule has 3 aromatic carbocycles. The number of phenols is 1. The van der Waals surface area contributed by atoms with Gasteiger partial charge in [-0.15, -0.1) is 0 Å². The molecule has 0 bridgehead atoms. The third-order valence-electron chi connectivity index (χ3n) is 4.87. The normalized spacial score (nSPS) is 15.5. The molecule has 0 saturated carbocycles. The molecule has 1 aliphatic carbocycles. The number of hydrogen-bond donors (Lipinski definition) is 1. The topological polar surface area (TPSA) is 20.2 Å². The highest BCUT2D eigenvalue weighted by Gasteiger charge is 2.25. The van der Waals surface area contributed by atoms with Gasteiger partial charge in [0.2, 0.25) is 0 Å². The molecule has 0 amide bonds. The maximum atomic E-state index is 10.6. The lowest BCUT2D eigenvalue weighted by Crippen LogP contribution is -2.04. The Balaban J connectivity index is 1.99. The number of fused-ring (bicyclic) bond motifs is 1. The minimum atomic E-state index is 0.193. The van der Waals surface area contributed by atoms with E-state index in [0.29, 0.717) is 5.75 Å². The lowest BCUT2D eigenvalue weighted by Gasteiger charge is -2.21. The van der Waals surface area contributed by atoms with Gasteiger partial charge >= 0.3 is 0 Å². The molecule has 0 radical (unpaired) electrons. The quantitative estimate of drug-likeness (QED) is 0.650. The van der Waals surface area contributed by atoms with E-state index in [0.717, 1.165) is 17.5 Å². The fourth-order valence-electron chi connectivity index (χ4n) is 3.72. The van der Waals surface area contributed by atoms with Crippen LogP contribution in [0.15, 0.2) is 72.8 Å². The van der Waals surface area contributed by atoms with Gasteiger partial charge in [-0.05, 0) is 40.3 Å². The van der Waals surface area contributed by atoms with Crippen molar-refractivity contribution >= 4 is 6.08 Å². The summed E-state index contributed by atoms with van der Waals surface area (Å²) in [5.41, 5.74) is 7.13. The van der Waals surface area contributed by atoms with Gasteiger partial charge in [-0.2, -0.15) is 0 Å². The van der Waals surface area contributed by atoms with Crippen molar-refractivity contribution in [3.63, 3.8) is 0 Å². The minimum absolute atomic E-state index is 0.193. The number of rotatable bonds is 3. The largest absolute Gasteiger partial charge is 0.507 e. The van der Waals surface area contributed by atoms with Crippen molar-refractivity contribution in [3.05, 3.63) is 95.1 Å². The van der Waals surface area contributed by atoms with Crippen molar-refractivity contribution in [2.75, 3.05) is 0 Å². The first-order valence-corrected chi connectivity index (χ1v) is 8.47. The molecule has 0 heterocycles. The van der Waals surface area contributed by atoms with Gasteiger partial charge in [0.25, 0.3) is 0 Å². The van der Waals surface area contributed by atoms with Crippen molar-refractivity contribution in [2.45, 2.75) is 19.3 Å². The van der Waals surface area contributed by atoms with Crippen molar-refractivity contribution < 1.29 is 5.11 Å². The fourth-order valence-corrected chi connectivity index (χ4v) is 3.72. The van der Waals surface area contributed by atoms with Crippen LogP contribution < -0.4 is 0 Å². The molecule has 1 unspecified atom stereocenters. The Hall–Kier alpha value is -2.80. The zero-order valence-corrected chi connectivity index (χ0v) is 13.7. The number of aromatic hydroxyl groups is 1. The Morgan fingerprint density at radius 3 is 2.42 bits per heavy atom. The van der Waals surface area contributed by atoms with Crippen molar-refractivity contribution in [1.29, 1.82) is 0 Å². The standard InChI is InChI=1S/C23H20O/c1-2-16-13-15-21(24)23(18-9-4-3-5-10-18)22(16)20-14-12-17-8-6-7-11-19(17)20/h3-15,20,24H,2H2,1H3. The van der Waals surface area contributed by atoms with E-state index < -0.39 is 0 Å². The Morgan fingerprint density at radius 2 is 1.62 bits per heavy atom. The summed E-state index contributed by atoms with van der Waals surface area (Å²) in [6.45, 7) is 2.18. The Labute approximate surface area is 142 Å². The molecule has 1 atom stereocenters. The van der Waals surface area contributed by atoms with E-state index in [1.54, 1.807) is 0 Å². The molecule has 1 heteroatoms. The Morgan fingerprint density at radius 1 is 0.875 bits per heavy atom. The zero-order chi connectivity index (χ0) is 16.5. The average molecular weight is 312 g/mol. The lowest BCUT2D eigenvalue weighted by atomic mass is 9.83. The highest BCUT2D eigenvalue weighted by molar-refractivity contribution is 5.79. The van der Waals surface area contributed by atoms with Gasteiger partial charge < -0.3 is 5.11 Å². The smallest absolute Gasteiger partial charge is 0.123 e. The number of aryl methyl sites for hydroxylation is 1. The number of hydrogen-bond acceptors (Lipinski definition) is 1. The number of benzene rings is 3. The van der Waals surface area contributed by atoms with Gasteiger partial charge in [-0.25, -0.2) is 0 Å². The maximum absolute atomic E-state index is 10.6. The van der Waals surface area contributed by atoms with Crippen LogP contribution in [0.25, 0.3) is 17.2 Å². The molecule has 1 N–H and O–H groups in total. The third-order valence-corrected chi connectivity index (χ3v) is 4.87. The highest BCUT2D eigenvalue weighted by atomic mass is 16.3. The van der Waals surface area contributed by atoms with Crippen molar-refractivity contribution in [1.82, 2.24) is 0 Å². The molecule has 1 nitrogen and oxygen atoms in total. The summed E-state index contributed by atoms with van der Waals surface area (Å²) in [7, 11) is 0. The first kappa shape index (κ1) is 14.8. The van der Waals surface area contributed by atoms with E-state index in [1.807, 2.05) is 24.3 Å². The molecule has 0 saturated heterocycles. The second-order valence-electron chi connectivity index (χ2n) is 6.22. The van der Waals surface area contributed by atoms with E-state index in [-0.39, 0.29) is 5.92 Å². The summed E-state index contributed by atoms with van der Waals surface area (Å²) in [6, 6.07) is 22.6. The maximum Gasteiger partial charge on any atom is 0.123 e. The molecule has 0 spiro atoms. The summed E-state index contributed by atoms with van der Waals surface area (Å²) >= 11 is 0. The van der Waals surface area contributed by atoms with Gasteiger partial charge in [0.05, 0.1) is 0 Å². The van der Waals surface area contributed by atoms with E-state index in [1.165, 1.54) is 22.3 Å². The highest BCUT2D eigenvalue weighted by Crippen LogP contribution is 2.45. The molecule has 4 rings (SSSR count). The summed E-state index contributed by atoms with van der Waals surface area (Å²) in [5.74, 6) is 0.546. The van der Waals surface area contributed by atoms with Crippen LogP contribution in [0, 0.1) is 0 Å². The van der Waals surface area contributed by atoms with Gasteiger partial charge in [-0.3, -0.25) is 0 Å². The molecule has 0 aromatic heterocycles. The predicted molar refractivity (Wildman–Crippen MR) is 100 cm³/mol. The summed E-state index contributed by atoms with van der Waals surface area (Å²) in [6.07, 6.45) is 5.39. The number of phenolic OH excluding ortho intramolecular Hbond substituents is 1. The second kappa shape index (κ2) is 6.01. The van der Waals surface area contributed by atoms with E-state index in [9.17, 15) is 5.11 Å². The fraction of sp³-hybridized carbons (Fsp3) is 0.130. The van der Waals surface area contributed by atoms with E-state index in [2.05, 4.69) is 61.5 Å². The van der Waals surface area contributed by atoms with Gasteiger partial charge in [-0.1, -0.05) is 79.7 Å². The van der Waals surface area contributed by atoms with Crippen LogP contribution in [0.2, 0.25) is 0 Å². The van der Waals surface area contributed by atoms with Crippen LogP contribution in [-0.4, -0.2) is 5.11 Å². The molecular weight excluding hydrogens is 292 g/mol. The molecule has 3 aromatic rings. The zero-order valence-electron chi connectivity index (χ0n) is 13.7. The minimum Gasteiger partial charge on any atom is -0.507 e. The van der Waals surface area contributed by atoms with Gasteiger partial charge in [0.15, 0.2) is 0 Å².